The normalized spacial score (nSPS) is 12.7. The van der Waals surface area contributed by atoms with Crippen molar-refractivity contribution in [3.63, 3.8) is 0 Å². The fourth-order valence-corrected chi connectivity index (χ4v) is 9.21. The molecule has 6 nitrogen and oxygen atoms in total. The van der Waals surface area contributed by atoms with Crippen LogP contribution in [0.15, 0.2) is 97.2 Å². The predicted molar refractivity (Wildman–Crippen MR) is 334 cm³/mol. The average Bonchev–Trinajstić information content (AvgIpc) is 3.43. The Balaban J connectivity index is 4.37. The zero-order chi connectivity index (χ0) is 55.7. The lowest BCUT2D eigenvalue weighted by atomic mass is 10.0. The maximum atomic E-state index is 12.9. The molecule has 442 valence electrons. The summed E-state index contributed by atoms with van der Waals surface area (Å²) in [5.41, 5.74) is 0. The fourth-order valence-electron chi connectivity index (χ4n) is 9.21. The van der Waals surface area contributed by atoms with Crippen LogP contribution < -0.4 is 0 Å². The van der Waals surface area contributed by atoms with Crippen molar-refractivity contribution in [3.8, 4) is 0 Å². The summed E-state index contributed by atoms with van der Waals surface area (Å²) in [4.78, 5) is 38.4. The molecule has 0 saturated carbocycles. The van der Waals surface area contributed by atoms with E-state index in [9.17, 15) is 14.4 Å². The van der Waals surface area contributed by atoms with E-state index in [4.69, 9.17) is 14.2 Å². The molecular weight excluding hydrogens is 949 g/mol. The van der Waals surface area contributed by atoms with Gasteiger partial charge in [0.15, 0.2) is 6.10 Å². The standard InChI is InChI=1S/C71H122O6/c1-4-7-10-13-16-19-22-25-28-30-32-34-35-37-38-40-43-46-49-52-55-58-61-64-70(73)76-67-68(66-75-69(72)63-60-57-54-51-48-45-42-27-24-21-18-15-12-9-6-3)77-71(74)65-62-59-56-53-50-47-44-41-39-36-33-31-29-26-23-20-17-14-11-8-5-2/h7,9-10,12,16,18-19,21,25,27-28,31-34,42,68H,4-6,8,11,13-15,17,20,22-24,26,29-30,35-41,43-67H2,1-3H3/b10-7-,12-9-,19-16-,21-18-,28-25-,33-31-,34-32-,42-27-. The molecule has 0 aromatic rings. The van der Waals surface area contributed by atoms with Crippen molar-refractivity contribution in [2.24, 2.45) is 0 Å². The zero-order valence-electron chi connectivity index (χ0n) is 50.7. The van der Waals surface area contributed by atoms with E-state index in [1.54, 1.807) is 0 Å². The Kier molecular flexibility index (Phi) is 61.8. The molecule has 0 aliphatic carbocycles. The summed E-state index contributed by atoms with van der Waals surface area (Å²) in [7, 11) is 0. The Morgan fingerprint density at radius 2 is 0.506 bits per heavy atom. The second kappa shape index (κ2) is 64.9. The van der Waals surface area contributed by atoms with Gasteiger partial charge in [-0.3, -0.25) is 14.4 Å². The fraction of sp³-hybridized carbons (Fsp3) is 0.732. The molecule has 0 heterocycles. The van der Waals surface area contributed by atoms with Crippen molar-refractivity contribution in [3.05, 3.63) is 97.2 Å². The summed E-state index contributed by atoms with van der Waals surface area (Å²) in [5.74, 6) is -0.897. The highest BCUT2D eigenvalue weighted by atomic mass is 16.6. The third-order valence-electron chi connectivity index (χ3n) is 14.1. The first kappa shape index (κ1) is 73.3. The SMILES string of the molecule is CC/C=C\C/C=C\C/C=C\C/C=C\CCCCCCCCCCCCC(=O)OCC(COC(=O)CCCCCCC/C=C\C/C=C\C/C=C\CC)OC(=O)CCCCCCCCCCC/C=C\CCCCCCCCCC. The van der Waals surface area contributed by atoms with Gasteiger partial charge in [0.05, 0.1) is 0 Å². The number of hydrogen-bond acceptors (Lipinski definition) is 6. The highest BCUT2D eigenvalue weighted by molar-refractivity contribution is 5.71. The zero-order valence-corrected chi connectivity index (χ0v) is 50.7. The second-order valence-corrected chi connectivity index (χ2v) is 21.6. The maximum absolute atomic E-state index is 12.9. The van der Waals surface area contributed by atoms with Crippen molar-refractivity contribution < 1.29 is 28.6 Å². The summed E-state index contributed by atoms with van der Waals surface area (Å²) in [5, 5.41) is 0. The van der Waals surface area contributed by atoms with Gasteiger partial charge in [-0.25, -0.2) is 0 Å². The Morgan fingerprint density at radius 1 is 0.273 bits per heavy atom. The van der Waals surface area contributed by atoms with Crippen LogP contribution in [0.3, 0.4) is 0 Å². The number of rotatable bonds is 59. The molecule has 0 amide bonds. The van der Waals surface area contributed by atoms with Crippen LogP contribution in [0.1, 0.15) is 316 Å². The maximum Gasteiger partial charge on any atom is 0.306 e. The molecule has 0 aliphatic rings. The summed E-state index contributed by atoms with van der Waals surface area (Å²) in [6.07, 6.45) is 87.0. The van der Waals surface area contributed by atoms with E-state index in [1.807, 2.05) is 0 Å². The van der Waals surface area contributed by atoms with Crippen molar-refractivity contribution >= 4 is 17.9 Å². The van der Waals surface area contributed by atoms with E-state index in [0.717, 1.165) is 122 Å². The molecule has 0 aliphatic heterocycles. The first-order valence-corrected chi connectivity index (χ1v) is 32.7. The molecule has 1 atom stereocenters. The van der Waals surface area contributed by atoms with E-state index in [1.165, 1.54) is 154 Å². The van der Waals surface area contributed by atoms with Crippen LogP contribution in [0, 0.1) is 0 Å². The predicted octanol–water partition coefficient (Wildman–Crippen LogP) is 22.4. The molecule has 0 fully saturated rings. The van der Waals surface area contributed by atoms with E-state index < -0.39 is 6.10 Å². The van der Waals surface area contributed by atoms with Gasteiger partial charge >= 0.3 is 17.9 Å². The van der Waals surface area contributed by atoms with E-state index in [-0.39, 0.29) is 31.1 Å². The van der Waals surface area contributed by atoms with Crippen LogP contribution in [0.25, 0.3) is 0 Å². The monoisotopic (exact) mass is 1070 g/mol. The molecule has 0 bridgehead atoms. The van der Waals surface area contributed by atoms with Crippen LogP contribution in [-0.4, -0.2) is 37.2 Å². The molecule has 0 aromatic heterocycles. The van der Waals surface area contributed by atoms with Crippen molar-refractivity contribution in [1.82, 2.24) is 0 Å². The Morgan fingerprint density at radius 3 is 0.805 bits per heavy atom. The minimum Gasteiger partial charge on any atom is -0.462 e. The quantitative estimate of drug-likeness (QED) is 0.0261. The lowest BCUT2D eigenvalue weighted by Crippen LogP contribution is -2.30. The van der Waals surface area contributed by atoms with Gasteiger partial charge in [-0.1, -0.05) is 279 Å². The van der Waals surface area contributed by atoms with Gasteiger partial charge in [-0.2, -0.15) is 0 Å². The smallest absolute Gasteiger partial charge is 0.306 e. The number of esters is 3. The van der Waals surface area contributed by atoms with Gasteiger partial charge in [-0.15, -0.1) is 0 Å². The topological polar surface area (TPSA) is 78.9 Å². The molecule has 1 unspecified atom stereocenters. The van der Waals surface area contributed by atoms with E-state index in [2.05, 4.69) is 118 Å². The van der Waals surface area contributed by atoms with Crippen LogP contribution >= 0.6 is 0 Å². The molecule has 0 spiro atoms. The Hall–Kier alpha value is -3.67. The molecule has 0 N–H and O–H groups in total. The van der Waals surface area contributed by atoms with Gasteiger partial charge in [0.25, 0.3) is 0 Å². The van der Waals surface area contributed by atoms with Crippen LogP contribution in [0.4, 0.5) is 0 Å². The largest absolute Gasteiger partial charge is 0.462 e. The highest BCUT2D eigenvalue weighted by Gasteiger charge is 2.19. The third-order valence-corrected chi connectivity index (χ3v) is 14.1. The number of unbranched alkanes of at least 4 members (excludes halogenated alkanes) is 32. The average molecular weight is 1070 g/mol. The molecule has 0 aromatic carbocycles. The summed E-state index contributed by atoms with van der Waals surface area (Å²) >= 11 is 0. The van der Waals surface area contributed by atoms with Crippen LogP contribution in [0.2, 0.25) is 0 Å². The first-order valence-electron chi connectivity index (χ1n) is 32.7. The van der Waals surface area contributed by atoms with E-state index >= 15 is 0 Å². The lowest BCUT2D eigenvalue weighted by Gasteiger charge is -2.18. The Bertz CT molecular complexity index is 1510. The highest BCUT2D eigenvalue weighted by Crippen LogP contribution is 2.16. The number of allylic oxidation sites excluding steroid dienone is 16. The van der Waals surface area contributed by atoms with Crippen molar-refractivity contribution in [1.29, 1.82) is 0 Å². The minimum absolute atomic E-state index is 0.0854. The molecule has 0 radical (unpaired) electrons. The Labute approximate surface area is 477 Å². The molecule has 77 heavy (non-hydrogen) atoms. The number of carbonyl (C=O) groups excluding carboxylic acids is 3. The number of hydrogen-bond donors (Lipinski definition) is 0. The number of ether oxygens (including phenoxy) is 3. The van der Waals surface area contributed by atoms with Crippen molar-refractivity contribution in [2.75, 3.05) is 13.2 Å². The second-order valence-electron chi connectivity index (χ2n) is 21.6. The molecule has 0 rings (SSSR count). The van der Waals surface area contributed by atoms with Gasteiger partial charge in [0.1, 0.15) is 13.2 Å². The van der Waals surface area contributed by atoms with Gasteiger partial charge in [-0.05, 0) is 116 Å². The van der Waals surface area contributed by atoms with Gasteiger partial charge in [0.2, 0.25) is 0 Å². The van der Waals surface area contributed by atoms with Gasteiger partial charge < -0.3 is 14.2 Å². The minimum atomic E-state index is -0.790. The van der Waals surface area contributed by atoms with Crippen LogP contribution in [0.5, 0.6) is 0 Å². The number of carbonyl (C=O) groups is 3. The van der Waals surface area contributed by atoms with Crippen molar-refractivity contribution in [2.45, 2.75) is 322 Å². The third kappa shape index (κ3) is 63.0. The summed E-state index contributed by atoms with van der Waals surface area (Å²) in [6.45, 7) is 6.43. The molecular formula is C71H122O6. The molecule has 6 heteroatoms. The van der Waals surface area contributed by atoms with E-state index in [0.29, 0.717) is 19.3 Å². The summed E-state index contributed by atoms with van der Waals surface area (Å²) < 4.78 is 16.9. The molecule has 0 saturated heterocycles. The summed E-state index contributed by atoms with van der Waals surface area (Å²) in [6, 6.07) is 0. The first-order chi connectivity index (χ1) is 38.0. The lowest BCUT2D eigenvalue weighted by molar-refractivity contribution is -0.167. The van der Waals surface area contributed by atoms with Crippen LogP contribution in [-0.2, 0) is 28.6 Å². The van der Waals surface area contributed by atoms with Gasteiger partial charge in [0, 0.05) is 19.3 Å².